The van der Waals surface area contributed by atoms with Gasteiger partial charge in [-0.2, -0.15) is 5.10 Å². The summed E-state index contributed by atoms with van der Waals surface area (Å²) in [6, 6.07) is 5.97. The molecule has 1 aliphatic carbocycles. The number of nitrogens with one attached hydrogen (secondary N) is 1. The standard InChI is InChI=1S/C18H19N5O/c1-11-8-16(14-4-3-7-19-9-14)22-17-15(10-20-23(11)17)18(24)21-12(2)13-5-6-13/h3-4,7-10,12-13H,5-6H2,1-2H3,(H,21,24)/t12-/m1/s1. The van der Waals surface area contributed by atoms with Crippen molar-refractivity contribution in [2.45, 2.75) is 32.7 Å². The lowest BCUT2D eigenvalue weighted by atomic mass is 10.1. The number of aromatic nitrogens is 4. The van der Waals surface area contributed by atoms with Crippen molar-refractivity contribution in [3.63, 3.8) is 0 Å². The molecule has 1 saturated carbocycles. The first-order valence-corrected chi connectivity index (χ1v) is 8.20. The van der Waals surface area contributed by atoms with Gasteiger partial charge >= 0.3 is 0 Å². The summed E-state index contributed by atoms with van der Waals surface area (Å²) in [7, 11) is 0. The van der Waals surface area contributed by atoms with Gasteiger partial charge in [0.15, 0.2) is 5.65 Å². The van der Waals surface area contributed by atoms with Gasteiger partial charge in [-0.15, -0.1) is 0 Å². The number of amides is 1. The summed E-state index contributed by atoms with van der Waals surface area (Å²) >= 11 is 0. The molecule has 3 aromatic heterocycles. The van der Waals surface area contributed by atoms with E-state index < -0.39 is 0 Å². The van der Waals surface area contributed by atoms with Crippen LogP contribution in [0.1, 0.15) is 35.8 Å². The predicted molar refractivity (Wildman–Crippen MR) is 90.6 cm³/mol. The Balaban J connectivity index is 1.74. The minimum atomic E-state index is -0.111. The van der Waals surface area contributed by atoms with Crippen LogP contribution in [-0.2, 0) is 0 Å². The van der Waals surface area contributed by atoms with E-state index in [1.807, 2.05) is 25.1 Å². The molecule has 3 aromatic rings. The van der Waals surface area contributed by atoms with Gasteiger partial charge in [0, 0.05) is 29.7 Å². The van der Waals surface area contributed by atoms with Crippen LogP contribution in [-0.4, -0.2) is 31.5 Å². The van der Waals surface area contributed by atoms with E-state index in [4.69, 9.17) is 0 Å². The number of nitrogens with zero attached hydrogens (tertiary/aromatic N) is 4. The molecule has 0 saturated heterocycles. The molecule has 1 N–H and O–H groups in total. The number of hydrogen-bond acceptors (Lipinski definition) is 4. The Morgan fingerprint density at radius 1 is 1.38 bits per heavy atom. The molecule has 0 bridgehead atoms. The molecule has 0 spiro atoms. The van der Waals surface area contributed by atoms with Crippen molar-refractivity contribution in [1.29, 1.82) is 0 Å². The molecular formula is C18H19N5O. The SMILES string of the molecule is Cc1cc(-c2cccnc2)nc2c(C(=O)N[C@H](C)C3CC3)cnn12. The molecule has 3 heterocycles. The molecule has 6 heteroatoms. The zero-order valence-electron chi connectivity index (χ0n) is 13.7. The Morgan fingerprint density at radius 3 is 2.92 bits per heavy atom. The van der Waals surface area contributed by atoms with Crippen LogP contribution in [0.25, 0.3) is 16.9 Å². The number of aryl methyl sites for hydroxylation is 1. The van der Waals surface area contributed by atoms with Crippen molar-refractivity contribution in [1.82, 2.24) is 24.9 Å². The maximum absolute atomic E-state index is 12.6. The van der Waals surface area contributed by atoms with Crippen molar-refractivity contribution in [2.24, 2.45) is 5.92 Å². The van der Waals surface area contributed by atoms with Crippen LogP contribution in [0.5, 0.6) is 0 Å². The van der Waals surface area contributed by atoms with E-state index in [-0.39, 0.29) is 11.9 Å². The number of hydrogen-bond donors (Lipinski definition) is 1. The summed E-state index contributed by atoms with van der Waals surface area (Å²) in [6.45, 7) is 4.01. The minimum Gasteiger partial charge on any atom is -0.349 e. The van der Waals surface area contributed by atoms with Crippen LogP contribution in [0.3, 0.4) is 0 Å². The quantitative estimate of drug-likeness (QED) is 0.802. The number of carbonyl (C=O) groups excluding carboxylic acids is 1. The van der Waals surface area contributed by atoms with Crippen molar-refractivity contribution in [3.8, 4) is 11.3 Å². The molecule has 4 rings (SSSR count). The first-order chi connectivity index (χ1) is 11.6. The van der Waals surface area contributed by atoms with E-state index in [9.17, 15) is 4.79 Å². The number of rotatable bonds is 4. The predicted octanol–water partition coefficient (Wildman–Crippen LogP) is 2.63. The Kier molecular flexibility index (Phi) is 3.52. The monoisotopic (exact) mass is 321 g/mol. The first kappa shape index (κ1) is 14.8. The number of pyridine rings is 1. The fourth-order valence-corrected chi connectivity index (χ4v) is 2.93. The summed E-state index contributed by atoms with van der Waals surface area (Å²) in [5, 5.41) is 7.39. The van der Waals surface area contributed by atoms with Crippen molar-refractivity contribution in [2.75, 3.05) is 0 Å². The Hall–Kier alpha value is -2.76. The average molecular weight is 321 g/mol. The summed E-state index contributed by atoms with van der Waals surface area (Å²) < 4.78 is 1.70. The lowest BCUT2D eigenvalue weighted by molar-refractivity contribution is 0.0937. The van der Waals surface area contributed by atoms with Crippen LogP contribution in [0, 0.1) is 12.8 Å². The molecule has 0 aliphatic heterocycles. The molecule has 1 atom stereocenters. The Morgan fingerprint density at radius 2 is 2.21 bits per heavy atom. The maximum atomic E-state index is 12.6. The number of fused-ring (bicyclic) bond motifs is 1. The minimum absolute atomic E-state index is 0.111. The molecule has 6 nitrogen and oxygen atoms in total. The second kappa shape index (κ2) is 5.70. The molecular weight excluding hydrogens is 302 g/mol. The Bertz CT molecular complexity index is 898. The maximum Gasteiger partial charge on any atom is 0.256 e. The fraction of sp³-hybridized carbons (Fsp3) is 0.333. The van der Waals surface area contributed by atoms with Gasteiger partial charge in [0.1, 0.15) is 5.56 Å². The first-order valence-electron chi connectivity index (χ1n) is 8.20. The average Bonchev–Trinajstić information content (AvgIpc) is 3.35. The summed E-state index contributed by atoms with van der Waals surface area (Å²) in [5.41, 5.74) is 3.72. The van der Waals surface area contributed by atoms with Gasteiger partial charge in [-0.05, 0) is 50.8 Å². The topological polar surface area (TPSA) is 72.2 Å². The molecule has 1 amide bonds. The van der Waals surface area contributed by atoms with Gasteiger partial charge in [-0.1, -0.05) is 0 Å². The lowest BCUT2D eigenvalue weighted by Gasteiger charge is -2.12. The summed E-state index contributed by atoms with van der Waals surface area (Å²) in [5.74, 6) is 0.496. The van der Waals surface area contributed by atoms with Gasteiger partial charge in [0.2, 0.25) is 0 Å². The fourth-order valence-electron chi connectivity index (χ4n) is 2.93. The van der Waals surface area contributed by atoms with E-state index >= 15 is 0 Å². The van der Waals surface area contributed by atoms with Crippen molar-refractivity contribution < 1.29 is 4.79 Å². The third-order valence-corrected chi connectivity index (χ3v) is 4.54. The highest BCUT2D eigenvalue weighted by molar-refractivity contribution is 6.00. The largest absolute Gasteiger partial charge is 0.349 e. The highest BCUT2D eigenvalue weighted by atomic mass is 16.1. The van der Waals surface area contributed by atoms with E-state index in [2.05, 4.69) is 27.3 Å². The smallest absolute Gasteiger partial charge is 0.256 e. The molecule has 1 aliphatic rings. The van der Waals surface area contributed by atoms with Gasteiger partial charge in [0.25, 0.3) is 5.91 Å². The normalized spacial score (nSPS) is 15.4. The van der Waals surface area contributed by atoms with E-state index in [1.54, 1.807) is 23.1 Å². The lowest BCUT2D eigenvalue weighted by Crippen LogP contribution is -2.34. The van der Waals surface area contributed by atoms with Crippen LogP contribution >= 0.6 is 0 Å². The molecule has 1 fully saturated rings. The van der Waals surface area contributed by atoms with E-state index in [0.717, 1.165) is 17.0 Å². The third-order valence-electron chi connectivity index (χ3n) is 4.54. The van der Waals surface area contributed by atoms with Crippen LogP contribution in [0.4, 0.5) is 0 Å². The Labute approximate surface area is 139 Å². The van der Waals surface area contributed by atoms with Gasteiger partial charge in [0.05, 0.1) is 11.9 Å². The number of carbonyl (C=O) groups is 1. The van der Waals surface area contributed by atoms with E-state index in [0.29, 0.717) is 17.1 Å². The molecule has 0 radical (unpaired) electrons. The zero-order valence-corrected chi connectivity index (χ0v) is 13.7. The van der Waals surface area contributed by atoms with Gasteiger partial charge in [-0.3, -0.25) is 9.78 Å². The van der Waals surface area contributed by atoms with Crippen LogP contribution < -0.4 is 5.32 Å². The highest BCUT2D eigenvalue weighted by Crippen LogP contribution is 2.32. The van der Waals surface area contributed by atoms with E-state index in [1.165, 1.54) is 12.8 Å². The molecule has 122 valence electrons. The second-order valence-corrected chi connectivity index (χ2v) is 6.42. The molecule has 0 unspecified atom stereocenters. The van der Waals surface area contributed by atoms with Gasteiger partial charge < -0.3 is 5.32 Å². The second-order valence-electron chi connectivity index (χ2n) is 6.42. The third kappa shape index (κ3) is 2.64. The van der Waals surface area contributed by atoms with Crippen molar-refractivity contribution >= 4 is 11.6 Å². The van der Waals surface area contributed by atoms with Crippen LogP contribution in [0.15, 0.2) is 36.8 Å². The zero-order chi connectivity index (χ0) is 16.7. The summed E-state index contributed by atoms with van der Waals surface area (Å²) in [4.78, 5) is 21.4. The van der Waals surface area contributed by atoms with Crippen molar-refractivity contribution in [3.05, 3.63) is 48.0 Å². The highest BCUT2D eigenvalue weighted by Gasteiger charge is 2.29. The molecule has 24 heavy (non-hydrogen) atoms. The molecule has 0 aromatic carbocycles. The van der Waals surface area contributed by atoms with Crippen LogP contribution in [0.2, 0.25) is 0 Å². The summed E-state index contributed by atoms with van der Waals surface area (Å²) in [6.07, 6.45) is 7.48. The van der Waals surface area contributed by atoms with Gasteiger partial charge in [-0.25, -0.2) is 9.50 Å².